The summed E-state index contributed by atoms with van der Waals surface area (Å²) in [6, 6.07) is 0. The van der Waals surface area contributed by atoms with Gasteiger partial charge in [0.05, 0.1) is 7.11 Å². The maximum absolute atomic E-state index is 13.3. The first kappa shape index (κ1) is 9.92. The van der Waals surface area contributed by atoms with Crippen LogP contribution in [0.1, 0.15) is 15.9 Å². The minimum absolute atomic E-state index is 0.0464. The number of methoxy groups -OCH3 is 1. The maximum atomic E-state index is 13.3. The normalized spacial score (nSPS) is 9.85. The second kappa shape index (κ2) is 3.70. The third-order valence-electron chi connectivity index (χ3n) is 1.59. The van der Waals surface area contributed by atoms with Gasteiger partial charge in [-0.2, -0.15) is 0 Å². The van der Waals surface area contributed by atoms with Crippen molar-refractivity contribution in [1.82, 2.24) is 4.98 Å². The molecule has 0 radical (unpaired) electrons. The fourth-order valence-corrected chi connectivity index (χ4v) is 0.951. The van der Waals surface area contributed by atoms with E-state index in [-0.39, 0.29) is 16.3 Å². The smallest absolute Gasteiger partial charge is 0.342 e. The quantitative estimate of drug-likeness (QED) is 0.518. The Kier molecular flexibility index (Phi) is 2.83. The largest absolute Gasteiger partial charge is 0.465 e. The van der Waals surface area contributed by atoms with Crippen molar-refractivity contribution < 1.29 is 13.9 Å². The molecule has 0 aromatic carbocycles. The lowest BCUT2D eigenvalue weighted by Crippen LogP contribution is -2.06. The van der Waals surface area contributed by atoms with Crippen molar-refractivity contribution in [3.63, 3.8) is 0 Å². The van der Waals surface area contributed by atoms with Gasteiger partial charge in [-0.25, -0.2) is 14.2 Å². The number of ether oxygens (including phenoxy) is 1. The van der Waals surface area contributed by atoms with Gasteiger partial charge >= 0.3 is 5.97 Å². The van der Waals surface area contributed by atoms with Gasteiger partial charge in [0.25, 0.3) is 0 Å². The first-order valence-electron chi connectivity index (χ1n) is 3.46. The van der Waals surface area contributed by atoms with Gasteiger partial charge in [0.2, 0.25) is 0 Å². The minimum atomic E-state index is -0.759. The molecule has 0 amide bonds. The van der Waals surface area contributed by atoms with E-state index < -0.39 is 11.8 Å². The van der Waals surface area contributed by atoms with E-state index in [1.54, 1.807) is 0 Å². The Bertz CT molecular complexity index is 354. The average Bonchev–Trinajstić information content (AvgIpc) is 2.13. The van der Waals surface area contributed by atoms with Gasteiger partial charge in [-0.3, -0.25) is 0 Å². The van der Waals surface area contributed by atoms with Crippen molar-refractivity contribution in [1.29, 1.82) is 0 Å². The molecule has 1 rings (SSSR count). The van der Waals surface area contributed by atoms with Crippen molar-refractivity contribution in [2.75, 3.05) is 7.11 Å². The van der Waals surface area contributed by atoms with Crippen LogP contribution >= 0.6 is 11.6 Å². The second-order valence-electron chi connectivity index (χ2n) is 2.39. The number of pyridine rings is 1. The number of esters is 1. The predicted molar refractivity (Wildman–Crippen MR) is 45.3 cm³/mol. The molecule has 1 heterocycles. The van der Waals surface area contributed by atoms with E-state index in [1.807, 2.05) is 0 Å². The number of carbonyl (C=O) groups excluding carboxylic acids is 1. The topological polar surface area (TPSA) is 39.2 Å². The van der Waals surface area contributed by atoms with Gasteiger partial charge in [-0.15, -0.1) is 0 Å². The number of carbonyl (C=O) groups is 1. The number of rotatable bonds is 1. The SMILES string of the molecule is COC(=O)c1cnc(Cl)c(C)c1F. The van der Waals surface area contributed by atoms with Crippen molar-refractivity contribution in [3.05, 3.63) is 28.3 Å². The van der Waals surface area contributed by atoms with E-state index >= 15 is 0 Å². The highest BCUT2D eigenvalue weighted by Gasteiger charge is 2.16. The third-order valence-corrected chi connectivity index (χ3v) is 1.97. The fourth-order valence-electron chi connectivity index (χ4n) is 0.820. The molecule has 0 saturated carbocycles. The Balaban J connectivity index is 3.26. The molecule has 3 nitrogen and oxygen atoms in total. The number of hydrogen-bond donors (Lipinski definition) is 0. The standard InChI is InChI=1S/C8H7ClFNO2/c1-4-6(10)5(8(12)13-2)3-11-7(4)9/h3H,1-2H3. The Labute approximate surface area is 79.5 Å². The molecule has 0 saturated heterocycles. The Morgan fingerprint density at radius 1 is 1.69 bits per heavy atom. The van der Waals surface area contributed by atoms with E-state index in [9.17, 15) is 9.18 Å². The van der Waals surface area contributed by atoms with Crippen LogP contribution in [0.5, 0.6) is 0 Å². The molecule has 0 unspecified atom stereocenters. The van der Waals surface area contributed by atoms with Crippen molar-refractivity contribution in [3.8, 4) is 0 Å². The van der Waals surface area contributed by atoms with Crippen LogP contribution in [0.3, 0.4) is 0 Å². The lowest BCUT2D eigenvalue weighted by Gasteiger charge is -2.03. The van der Waals surface area contributed by atoms with E-state index in [0.29, 0.717) is 0 Å². The molecule has 70 valence electrons. The Hall–Kier alpha value is -1.16. The van der Waals surface area contributed by atoms with Crippen LogP contribution in [0, 0.1) is 12.7 Å². The monoisotopic (exact) mass is 203 g/mol. The van der Waals surface area contributed by atoms with Gasteiger partial charge in [0.1, 0.15) is 16.5 Å². The summed E-state index contributed by atoms with van der Waals surface area (Å²) < 4.78 is 17.6. The molecule has 13 heavy (non-hydrogen) atoms. The third kappa shape index (κ3) is 1.78. The van der Waals surface area contributed by atoms with Crippen LogP contribution in [0.15, 0.2) is 6.20 Å². The number of hydrogen-bond acceptors (Lipinski definition) is 3. The van der Waals surface area contributed by atoms with Crippen LogP contribution in [-0.2, 0) is 4.74 Å². The molecule has 0 N–H and O–H groups in total. The summed E-state index contributed by atoms with van der Waals surface area (Å²) in [4.78, 5) is 14.6. The van der Waals surface area contributed by atoms with Crippen molar-refractivity contribution in [2.45, 2.75) is 6.92 Å². The molecule has 0 aliphatic rings. The van der Waals surface area contributed by atoms with E-state index in [2.05, 4.69) is 9.72 Å². The first-order chi connectivity index (χ1) is 6.07. The Morgan fingerprint density at radius 3 is 2.85 bits per heavy atom. The Morgan fingerprint density at radius 2 is 2.31 bits per heavy atom. The van der Waals surface area contributed by atoms with Gasteiger partial charge in [0, 0.05) is 11.8 Å². The van der Waals surface area contributed by atoms with Crippen LogP contribution < -0.4 is 0 Å². The molecule has 0 atom stereocenters. The predicted octanol–water partition coefficient (Wildman–Crippen LogP) is 1.97. The van der Waals surface area contributed by atoms with Crippen LogP contribution in [-0.4, -0.2) is 18.1 Å². The van der Waals surface area contributed by atoms with Crippen molar-refractivity contribution >= 4 is 17.6 Å². The molecule has 0 spiro atoms. The highest BCUT2D eigenvalue weighted by Crippen LogP contribution is 2.18. The summed E-state index contributed by atoms with van der Waals surface area (Å²) >= 11 is 5.53. The molecule has 0 bridgehead atoms. The number of nitrogens with zero attached hydrogens (tertiary/aromatic N) is 1. The molecule has 0 aliphatic heterocycles. The lowest BCUT2D eigenvalue weighted by atomic mass is 10.2. The summed E-state index contributed by atoms with van der Waals surface area (Å²) in [5.41, 5.74) is -0.0611. The van der Waals surface area contributed by atoms with Crippen LogP contribution in [0.4, 0.5) is 4.39 Å². The molecular formula is C8H7ClFNO2. The summed E-state index contributed by atoms with van der Waals surface area (Å²) in [7, 11) is 1.17. The van der Waals surface area contributed by atoms with Gasteiger partial charge < -0.3 is 4.74 Å². The zero-order valence-corrected chi connectivity index (χ0v) is 7.85. The first-order valence-corrected chi connectivity index (χ1v) is 3.84. The number of aromatic nitrogens is 1. The summed E-state index contributed by atoms with van der Waals surface area (Å²) in [6.07, 6.45) is 1.05. The molecule has 0 fully saturated rings. The number of halogens is 2. The van der Waals surface area contributed by atoms with Crippen LogP contribution in [0.2, 0.25) is 5.15 Å². The van der Waals surface area contributed by atoms with Crippen LogP contribution in [0.25, 0.3) is 0 Å². The summed E-state index contributed by atoms with van der Waals surface area (Å²) in [5.74, 6) is -1.45. The molecule has 1 aromatic heterocycles. The molecule has 5 heteroatoms. The van der Waals surface area contributed by atoms with Gasteiger partial charge in [0.15, 0.2) is 0 Å². The van der Waals surface area contributed by atoms with Gasteiger partial charge in [-0.1, -0.05) is 11.6 Å². The van der Waals surface area contributed by atoms with Gasteiger partial charge in [-0.05, 0) is 6.92 Å². The van der Waals surface area contributed by atoms with E-state index in [4.69, 9.17) is 11.6 Å². The fraction of sp³-hybridized carbons (Fsp3) is 0.250. The van der Waals surface area contributed by atoms with Crippen molar-refractivity contribution in [2.24, 2.45) is 0 Å². The molecule has 0 aliphatic carbocycles. The zero-order valence-electron chi connectivity index (χ0n) is 7.10. The highest BCUT2D eigenvalue weighted by atomic mass is 35.5. The average molecular weight is 204 g/mol. The zero-order chi connectivity index (χ0) is 10.0. The lowest BCUT2D eigenvalue weighted by molar-refractivity contribution is 0.0594. The molecular weight excluding hydrogens is 197 g/mol. The molecule has 1 aromatic rings. The van der Waals surface area contributed by atoms with E-state index in [0.717, 1.165) is 6.20 Å². The highest BCUT2D eigenvalue weighted by molar-refractivity contribution is 6.30. The summed E-state index contributed by atoms with van der Waals surface area (Å²) in [5, 5.41) is 0.0464. The maximum Gasteiger partial charge on any atom is 0.342 e. The second-order valence-corrected chi connectivity index (χ2v) is 2.75. The summed E-state index contributed by atoms with van der Waals surface area (Å²) in [6.45, 7) is 1.44. The minimum Gasteiger partial charge on any atom is -0.465 e. The van der Waals surface area contributed by atoms with E-state index in [1.165, 1.54) is 14.0 Å².